The first-order valence-electron chi connectivity index (χ1n) is 8.52. The smallest absolute Gasteiger partial charge is 0.475 e. The molecule has 1 unspecified atom stereocenters. The van der Waals surface area contributed by atoms with E-state index in [2.05, 4.69) is 4.90 Å². The number of rotatable bonds is 2. The van der Waals surface area contributed by atoms with E-state index in [4.69, 9.17) is 9.90 Å². The fourth-order valence-electron chi connectivity index (χ4n) is 3.21. The van der Waals surface area contributed by atoms with E-state index < -0.39 is 12.1 Å². The van der Waals surface area contributed by atoms with Gasteiger partial charge in [0.15, 0.2) is 5.78 Å². The van der Waals surface area contributed by atoms with Crippen molar-refractivity contribution in [3.05, 3.63) is 21.9 Å². The molecule has 1 aromatic heterocycles. The van der Waals surface area contributed by atoms with E-state index in [1.807, 2.05) is 10.3 Å². The Bertz CT molecular complexity index is 705. The molecule has 0 bridgehead atoms. The Hall–Kier alpha value is -1.94. The second kappa shape index (κ2) is 8.83. The van der Waals surface area contributed by atoms with Crippen molar-refractivity contribution in [1.82, 2.24) is 9.80 Å². The van der Waals surface area contributed by atoms with Crippen LogP contribution in [0.5, 0.6) is 0 Å². The van der Waals surface area contributed by atoms with E-state index in [-0.39, 0.29) is 11.7 Å². The number of aliphatic carboxylic acids is 1. The van der Waals surface area contributed by atoms with Crippen molar-refractivity contribution in [2.45, 2.75) is 38.4 Å². The summed E-state index contributed by atoms with van der Waals surface area (Å²) in [6, 6.07) is 2.28. The quantitative estimate of drug-likeness (QED) is 0.765. The lowest BCUT2D eigenvalue weighted by atomic mass is 10.2. The molecular formula is C17H21F3N2O4S. The lowest BCUT2D eigenvalue weighted by Gasteiger charge is -2.25. The van der Waals surface area contributed by atoms with Gasteiger partial charge in [-0.3, -0.25) is 14.5 Å². The predicted octanol–water partition coefficient (Wildman–Crippen LogP) is 2.89. The van der Waals surface area contributed by atoms with Crippen LogP contribution in [0.15, 0.2) is 11.4 Å². The summed E-state index contributed by atoms with van der Waals surface area (Å²) in [5.41, 5.74) is 0.673. The molecule has 6 nitrogen and oxygen atoms in total. The van der Waals surface area contributed by atoms with E-state index in [0.29, 0.717) is 16.5 Å². The van der Waals surface area contributed by atoms with Crippen molar-refractivity contribution >= 4 is 29.0 Å². The average Bonchev–Trinajstić information content (AvgIpc) is 3.19. The zero-order valence-electron chi connectivity index (χ0n) is 14.8. The standard InChI is InChI=1S/C15H20N2O2S.C2HF3O2/c1-11(18)14-8-12(10-20-14)15(19)17-7-3-6-16-5-2-4-13(16)9-17;3-2(4,5)1(6)7/h8,10,13H,2-7,9H2,1H3;(H,6,7). The van der Waals surface area contributed by atoms with Gasteiger partial charge in [0.2, 0.25) is 0 Å². The molecule has 1 N–H and O–H groups in total. The minimum Gasteiger partial charge on any atom is -0.475 e. The summed E-state index contributed by atoms with van der Waals surface area (Å²) in [4.78, 5) is 38.0. The number of fused-ring (bicyclic) bond motifs is 1. The monoisotopic (exact) mass is 406 g/mol. The fraction of sp³-hybridized carbons (Fsp3) is 0.588. The molecule has 3 rings (SSSR count). The second-order valence-electron chi connectivity index (χ2n) is 6.50. The molecule has 2 aliphatic rings. The third-order valence-corrected chi connectivity index (χ3v) is 5.56. The minimum absolute atomic E-state index is 0.0342. The highest BCUT2D eigenvalue weighted by Gasteiger charge is 2.38. The van der Waals surface area contributed by atoms with Crippen molar-refractivity contribution < 1.29 is 32.7 Å². The van der Waals surface area contributed by atoms with Crippen LogP contribution in [0.1, 0.15) is 46.2 Å². The van der Waals surface area contributed by atoms with E-state index in [9.17, 15) is 22.8 Å². The van der Waals surface area contributed by atoms with Crippen LogP contribution in [-0.2, 0) is 4.79 Å². The average molecular weight is 406 g/mol. The summed E-state index contributed by atoms with van der Waals surface area (Å²) in [5.74, 6) is -2.64. The Morgan fingerprint density at radius 1 is 1.19 bits per heavy atom. The molecule has 0 radical (unpaired) electrons. The van der Waals surface area contributed by atoms with Crippen LogP contribution < -0.4 is 0 Å². The van der Waals surface area contributed by atoms with E-state index >= 15 is 0 Å². The summed E-state index contributed by atoms with van der Waals surface area (Å²) < 4.78 is 31.7. The number of carboxylic acid groups (broad SMARTS) is 1. The van der Waals surface area contributed by atoms with E-state index in [1.54, 1.807) is 13.0 Å². The minimum atomic E-state index is -5.08. The van der Waals surface area contributed by atoms with Crippen LogP contribution in [0.4, 0.5) is 13.2 Å². The van der Waals surface area contributed by atoms with E-state index in [0.717, 1.165) is 26.1 Å². The Morgan fingerprint density at radius 2 is 1.81 bits per heavy atom. The summed E-state index contributed by atoms with van der Waals surface area (Å²) in [6.07, 6.45) is -1.59. The lowest BCUT2D eigenvalue weighted by molar-refractivity contribution is -0.192. The van der Waals surface area contributed by atoms with Crippen LogP contribution in [0, 0.1) is 0 Å². The number of nitrogens with zero attached hydrogens (tertiary/aromatic N) is 2. The Kier molecular flexibility index (Phi) is 6.99. The summed E-state index contributed by atoms with van der Waals surface area (Å²) in [6.45, 7) is 5.50. The first-order chi connectivity index (χ1) is 12.6. The van der Waals surface area contributed by atoms with Gasteiger partial charge in [0, 0.05) is 31.1 Å². The normalized spacial score (nSPS) is 20.3. The van der Waals surface area contributed by atoms with Gasteiger partial charge in [-0.1, -0.05) is 0 Å². The number of carbonyl (C=O) groups excluding carboxylic acids is 2. The lowest BCUT2D eigenvalue weighted by Crippen LogP contribution is -2.39. The maximum Gasteiger partial charge on any atom is 0.490 e. The maximum atomic E-state index is 12.6. The van der Waals surface area contributed by atoms with E-state index in [1.165, 1.54) is 30.7 Å². The van der Waals surface area contributed by atoms with Crippen molar-refractivity contribution in [2.75, 3.05) is 26.2 Å². The molecule has 3 heterocycles. The molecule has 2 saturated heterocycles. The molecule has 0 saturated carbocycles. The van der Waals surface area contributed by atoms with Gasteiger partial charge in [0.1, 0.15) is 0 Å². The van der Waals surface area contributed by atoms with Gasteiger partial charge in [-0.2, -0.15) is 13.2 Å². The Balaban J connectivity index is 0.000000321. The molecule has 27 heavy (non-hydrogen) atoms. The Labute approximate surface area is 158 Å². The molecule has 0 aromatic carbocycles. The number of ketones is 1. The van der Waals surface area contributed by atoms with Gasteiger partial charge in [-0.15, -0.1) is 11.3 Å². The highest BCUT2D eigenvalue weighted by Crippen LogP contribution is 2.23. The van der Waals surface area contributed by atoms with Crippen LogP contribution in [0.3, 0.4) is 0 Å². The van der Waals surface area contributed by atoms with Gasteiger partial charge >= 0.3 is 12.1 Å². The van der Waals surface area contributed by atoms with Gasteiger partial charge in [-0.05, 0) is 38.8 Å². The molecule has 1 amide bonds. The fourth-order valence-corrected chi connectivity index (χ4v) is 3.99. The SMILES string of the molecule is CC(=O)c1cc(C(=O)N2CCCN3CCCC3C2)cs1.O=C(O)C(F)(F)F. The molecule has 2 fully saturated rings. The molecule has 150 valence electrons. The first-order valence-corrected chi connectivity index (χ1v) is 9.40. The Morgan fingerprint density at radius 3 is 2.37 bits per heavy atom. The molecule has 0 spiro atoms. The number of hydrogen-bond acceptors (Lipinski definition) is 5. The molecule has 1 aromatic rings. The number of carbonyl (C=O) groups is 3. The topological polar surface area (TPSA) is 77.9 Å². The van der Waals surface area contributed by atoms with Gasteiger partial charge < -0.3 is 10.0 Å². The maximum absolute atomic E-state index is 12.6. The molecule has 2 aliphatic heterocycles. The predicted molar refractivity (Wildman–Crippen MR) is 93.1 cm³/mol. The summed E-state index contributed by atoms with van der Waals surface area (Å²) in [7, 11) is 0. The first kappa shape index (κ1) is 21.4. The molecule has 1 atom stereocenters. The van der Waals surface area contributed by atoms with Crippen molar-refractivity contribution in [2.24, 2.45) is 0 Å². The number of hydrogen-bond donors (Lipinski definition) is 1. The highest BCUT2D eigenvalue weighted by molar-refractivity contribution is 7.12. The molecule has 10 heteroatoms. The third-order valence-electron chi connectivity index (χ3n) is 4.53. The highest BCUT2D eigenvalue weighted by atomic mass is 32.1. The zero-order chi connectivity index (χ0) is 20.2. The molecular weight excluding hydrogens is 385 g/mol. The number of alkyl halides is 3. The number of Topliss-reactive ketones (excluding diaryl/α,β-unsaturated/α-hetero) is 1. The largest absolute Gasteiger partial charge is 0.490 e. The number of halogens is 3. The van der Waals surface area contributed by atoms with Crippen molar-refractivity contribution in [3.63, 3.8) is 0 Å². The number of carboxylic acids is 1. The summed E-state index contributed by atoms with van der Waals surface area (Å²) >= 11 is 1.37. The van der Waals surface area contributed by atoms with Crippen molar-refractivity contribution in [3.8, 4) is 0 Å². The second-order valence-corrected chi connectivity index (χ2v) is 7.41. The zero-order valence-corrected chi connectivity index (χ0v) is 15.6. The van der Waals surface area contributed by atoms with Crippen LogP contribution in [0.25, 0.3) is 0 Å². The van der Waals surface area contributed by atoms with Crippen molar-refractivity contribution in [1.29, 1.82) is 0 Å². The van der Waals surface area contributed by atoms with Gasteiger partial charge in [-0.25, -0.2) is 4.79 Å². The third kappa shape index (κ3) is 5.77. The van der Waals surface area contributed by atoms with Gasteiger partial charge in [0.25, 0.3) is 5.91 Å². The van der Waals surface area contributed by atoms with Gasteiger partial charge in [0.05, 0.1) is 10.4 Å². The van der Waals surface area contributed by atoms with Crippen LogP contribution in [-0.4, -0.2) is 71.0 Å². The summed E-state index contributed by atoms with van der Waals surface area (Å²) in [5, 5.41) is 8.94. The number of thiophene rings is 1. The van der Waals surface area contributed by atoms with Crippen LogP contribution >= 0.6 is 11.3 Å². The number of amides is 1. The molecule has 0 aliphatic carbocycles. The van der Waals surface area contributed by atoms with Crippen LogP contribution in [0.2, 0.25) is 0 Å².